The molecule has 0 radical (unpaired) electrons. The summed E-state index contributed by atoms with van der Waals surface area (Å²) in [6.45, 7) is 2.15. The van der Waals surface area contributed by atoms with Gasteiger partial charge < -0.3 is 10.1 Å². The molecule has 0 atom stereocenters. The molecule has 0 heterocycles. The number of hydrogen-bond donors (Lipinski definition) is 1. The van der Waals surface area contributed by atoms with Crippen LogP contribution in [0.4, 0.5) is 0 Å². The van der Waals surface area contributed by atoms with E-state index in [2.05, 4.69) is 29.6 Å². The van der Waals surface area contributed by atoms with Crippen molar-refractivity contribution >= 4 is 23.2 Å². The van der Waals surface area contributed by atoms with Gasteiger partial charge in [-0.15, -0.1) is 0 Å². The highest BCUT2D eigenvalue weighted by molar-refractivity contribution is 6.31. The van der Waals surface area contributed by atoms with E-state index in [9.17, 15) is 0 Å². The zero-order chi connectivity index (χ0) is 17.5. The van der Waals surface area contributed by atoms with Crippen molar-refractivity contribution in [3.8, 4) is 5.75 Å². The second kappa shape index (κ2) is 8.91. The SMILES string of the molecule is Clc1ccc(OCc2ccccc2Cl)c(C[NH2+]Cc2ccccc2)c1. The Balaban J connectivity index is 1.64. The third-order valence-electron chi connectivity index (χ3n) is 3.95. The maximum atomic E-state index is 6.20. The number of rotatable bonds is 7. The van der Waals surface area contributed by atoms with E-state index in [1.165, 1.54) is 5.56 Å². The molecule has 3 rings (SSSR count). The Morgan fingerprint density at radius 3 is 2.32 bits per heavy atom. The molecule has 0 fully saturated rings. The molecule has 0 saturated heterocycles. The van der Waals surface area contributed by atoms with Crippen LogP contribution in [-0.4, -0.2) is 0 Å². The first-order chi connectivity index (χ1) is 12.2. The standard InChI is InChI=1S/C21H19Cl2NO/c22-19-10-11-21(25-15-17-8-4-5-9-20(17)23)18(12-19)14-24-13-16-6-2-1-3-7-16/h1-12,24H,13-15H2/p+1. The third kappa shape index (κ3) is 5.23. The van der Waals surface area contributed by atoms with Gasteiger partial charge in [-0.3, -0.25) is 0 Å². The molecule has 0 saturated carbocycles. The average molecular weight is 373 g/mol. The average Bonchev–Trinajstić information content (AvgIpc) is 2.63. The van der Waals surface area contributed by atoms with Gasteiger partial charge in [0.05, 0.1) is 0 Å². The predicted molar refractivity (Wildman–Crippen MR) is 103 cm³/mol. The van der Waals surface area contributed by atoms with E-state index >= 15 is 0 Å². The van der Waals surface area contributed by atoms with E-state index in [0.717, 1.165) is 30.0 Å². The Morgan fingerprint density at radius 1 is 0.760 bits per heavy atom. The van der Waals surface area contributed by atoms with Crippen LogP contribution in [0.3, 0.4) is 0 Å². The van der Waals surface area contributed by atoms with Gasteiger partial charge in [0.1, 0.15) is 25.4 Å². The highest BCUT2D eigenvalue weighted by Crippen LogP contribution is 2.24. The fraction of sp³-hybridized carbons (Fsp3) is 0.143. The van der Waals surface area contributed by atoms with Crippen LogP contribution in [-0.2, 0) is 19.7 Å². The topological polar surface area (TPSA) is 25.8 Å². The normalized spacial score (nSPS) is 10.6. The van der Waals surface area contributed by atoms with Gasteiger partial charge in [0.25, 0.3) is 0 Å². The molecule has 0 aliphatic carbocycles. The molecule has 0 spiro atoms. The lowest BCUT2D eigenvalue weighted by molar-refractivity contribution is -0.686. The highest BCUT2D eigenvalue weighted by atomic mass is 35.5. The molecule has 2 N–H and O–H groups in total. The van der Waals surface area contributed by atoms with Gasteiger partial charge >= 0.3 is 0 Å². The third-order valence-corrected chi connectivity index (χ3v) is 4.55. The Kier molecular flexibility index (Phi) is 6.35. The van der Waals surface area contributed by atoms with Gasteiger partial charge in [-0.25, -0.2) is 0 Å². The second-order valence-corrected chi connectivity index (χ2v) is 6.66. The molecule has 0 amide bonds. The molecule has 2 nitrogen and oxygen atoms in total. The van der Waals surface area contributed by atoms with Crippen molar-refractivity contribution in [1.29, 1.82) is 0 Å². The molecule has 0 aromatic heterocycles. The predicted octanol–water partition coefficient (Wildman–Crippen LogP) is 4.84. The van der Waals surface area contributed by atoms with E-state index in [-0.39, 0.29) is 0 Å². The Hall–Kier alpha value is -2.00. The minimum atomic E-state index is 0.437. The molecule has 3 aromatic carbocycles. The van der Waals surface area contributed by atoms with Crippen molar-refractivity contribution in [3.05, 3.63) is 99.5 Å². The summed E-state index contributed by atoms with van der Waals surface area (Å²) in [5.74, 6) is 0.841. The van der Waals surface area contributed by atoms with Crippen molar-refractivity contribution in [3.63, 3.8) is 0 Å². The number of nitrogens with two attached hydrogens (primary N) is 1. The van der Waals surface area contributed by atoms with Crippen molar-refractivity contribution in [2.45, 2.75) is 19.7 Å². The summed E-state index contributed by atoms with van der Waals surface area (Å²) in [6, 6.07) is 23.9. The number of ether oxygens (including phenoxy) is 1. The quantitative estimate of drug-likeness (QED) is 0.630. The summed E-state index contributed by atoms with van der Waals surface area (Å²) < 4.78 is 6.00. The van der Waals surface area contributed by atoms with Crippen LogP contribution in [0.2, 0.25) is 10.0 Å². The van der Waals surface area contributed by atoms with E-state index in [1.54, 1.807) is 0 Å². The van der Waals surface area contributed by atoms with Crippen LogP contribution < -0.4 is 10.1 Å². The first kappa shape index (κ1) is 17.8. The molecule has 0 aliphatic heterocycles. The Morgan fingerprint density at radius 2 is 1.52 bits per heavy atom. The zero-order valence-corrected chi connectivity index (χ0v) is 15.3. The summed E-state index contributed by atoms with van der Waals surface area (Å²) in [7, 11) is 0. The number of hydrogen-bond acceptors (Lipinski definition) is 1. The van der Waals surface area contributed by atoms with Crippen LogP contribution in [0.1, 0.15) is 16.7 Å². The fourth-order valence-corrected chi connectivity index (χ4v) is 3.01. The molecule has 0 aliphatic rings. The molecule has 0 unspecified atom stereocenters. The number of quaternary nitrogens is 1. The van der Waals surface area contributed by atoms with Crippen molar-refractivity contribution in [2.75, 3.05) is 0 Å². The lowest BCUT2D eigenvalue weighted by Crippen LogP contribution is -2.80. The lowest BCUT2D eigenvalue weighted by Gasteiger charge is -2.12. The number of benzene rings is 3. The van der Waals surface area contributed by atoms with Crippen LogP contribution in [0.15, 0.2) is 72.8 Å². The van der Waals surface area contributed by atoms with Crippen molar-refractivity contribution < 1.29 is 10.1 Å². The molecule has 3 aromatic rings. The molecule has 0 bridgehead atoms. The molecule has 4 heteroatoms. The zero-order valence-electron chi connectivity index (χ0n) is 13.8. The van der Waals surface area contributed by atoms with Crippen LogP contribution in [0, 0.1) is 0 Å². The van der Waals surface area contributed by atoms with Gasteiger partial charge in [-0.05, 0) is 24.3 Å². The minimum Gasteiger partial charge on any atom is -0.488 e. The van der Waals surface area contributed by atoms with Crippen LogP contribution in [0.25, 0.3) is 0 Å². The monoisotopic (exact) mass is 372 g/mol. The minimum absolute atomic E-state index is 0.437. The van der Waals surface area contributed by atoms with Gasteiger partial charge in [0.15, 0.2) is 0 Å². The summed E-state index contributed by atoms with van der Waals surface area (Å²) in [4.78, 5) is 0. The maximum Gasteiger partial charge on any atom is 0.128 e. The second-order valence-electron chi connectivity index (χ2n) is 5.81. The lowest BCUT2D eigenvalue weighted by atomic mass is 10.1. The van der Waals surface area contributed by atoms with Crippen molar-refractivity contribution in [2.24, 2.45) is 0 Å². The summed E-state index contributed by atoms with van der Waals surface area (Å²) in [5, 5.41) is 3.67. The van der Waals surface area contributed by atoms with Crippen molar-refractivity contribution in [1.82, 2.24) is 0 Å². The Bertz CT molecular complexity index is 821. The first-order valence-corrected chi connectivity index (χ1v) is 8.98. The highest BCUT2D eigenvalue weighted by Gasteiger charge is 2.08. The van der Waals surface area contributed by atoms with Gasteiger partial charge in [0, 0.05) is 26.7 Å². The van der Waals surface area contributed by atoms with Crippen LogP contribution in [0.5, 0.6) is 5.75 Å². The summed E-state index contributed by atoms with van der Waals surface area (Å²) in [6.07, 6.45) is 0. The molecular formula is C21H20Cl2NO+. The van der Waals surface area contributed by atoms with Gasteiger partial charge in [-0.1, -0.05) is 71.7 Å². The molecule has 25 heavy (non-hydrogen) atoms. The summed E-state index contributed by atoms with van der Waals surface area (Å²) >= 11 is 12.4. The van der Waals surface area contributed by atoms with Gasteiger partial charge in [-0.2, -0.15) is 0 Å². The van der Waals surface area contributed by atoms with E-state index in [1.807, 2.05) is 48.5 Å². The number of halogens is 2. The molecular weight excluding hydrogens is 353 g/mol. The van der Waals surface area contributed by atoms with E-state index in [0.29, 0.717) is 16.7 Å². The maximum absolute atomic E-state index is 6.20. The van der Waals surface area contributed by atoms with Crippen LogP contribution >= 0.6 is 23.2 Å². The summed E-state index contributed by atoms with van der Waals surface area (Å²) in [5.41, 5.74) is 3.34. The molecule has 128 valence electrons. The smallest absolute Gasteiger partial charge is 0.128 e. The van der Waals surface area contributed by atoms with E-state index in [4.69, 9.17) is 27.9 Å². The van der Waals surface area contributed by atoms with E-state index < -0.39 is 0 Å². The Labute approximate surface area is 158 Å². The first-order valence-electron chi connectivity index (χ1n) is 8.22. The van der Waals surface area contributed by atoms with Gasteiger partial charge in [0.2, 0.25) is 0 Å². The largest absolute Gasteiger partial charge is 0.488 e. The fourth-order valence-electron chi connectivity index (χ4n) is 2.63.